The molecule has 0 amide bonds. The third-order valence-corrected chi connectivity index (χ3v) is 4.40. The quantitative estimate of drug-likeness (QED) is 0.217. The second-order valence-corrected chi connectivity index (χ2v) is 6.57. The molecule has 0 saturated carbocycles. The minimum absolute atomic E-state index is 0.0507. The summed E-state index contributed by atoms with van der Waals surface area (Å²) < 4.78 is 5.78. The van der Waals surface area contributed by atoms with Gasteiger partial charge in [-0.25, -0.2) is 4.98 Å². The zero-order chi connectivity index (χ0) is 20.2. The predicted octanol–water partition coefficient (Wildman–Crippen LogP) is 6.47. The van der Waals surface area contributed by atoms with E-state index in [4.69, 9.17) is 16.0 Å². The summed E-state index contributed by atoms with van der Waals surface area (Å²) in [6.07, 6.45) is 4.89. The first kappa shape index (κ1) is 18.6. The Morgan fingerprint density at radius 3 is 2.76 bits per heavy atom. The molecule has 29 heavy (non-hydrogen) atoms. The van der Waals surface area contributed by atoms with Gasteiger partial charge in [0.2, 0.25) is 5.89 Å². The average Bonchev–Trinajstić information content (AvgIpc) is 3.15. The van der Waals surface area contributed by atoms with Crippen molar-refractivity contribution < 1.29 is 9.34 Å². The zero-order valence-electron chi connectivity index (χ0n) is 15.0. The van der Waals surface area contributed by atoms with Gasteiger partial charge in [-0.15, -0.1) is 0 Å². The molecule has 4 rings (SSSR count). The van der Waals surface area contributed by atoms with Crippen molar-refractivity contribution in [1.29, 1.82) is 0 Å². The number of hydrogen-bond acceptors (Lipinski definition) is 5. The summed E-state index contributed by atoms with van der Waals surface area (Å²) in [5.74, 6) is 0.486. The molecular formula is C22H14ClN3O3. The van der Waals surface area contributed by atoms with Crippen molar-refractivity contribution in [2.45, 2.75) is 0 Å². The van der Waals surface area contributed by atoms with Crippen molar-refractivity contribution >= 4 is 46.4 Å². The van der Waals surface area contributed by atoms with Crippen LogP contribution in [0.2, 0.25) is 5.02 Å². The maximum atomic E-state index is 11.0. The van der Waals surface area contributed by atoms with Gasteiger partial charge in [0.1, 0.15) is 5.52 Å². The van der Waals surface area contributed by atoms with Crippen molar-refractivity contribution in [3.8, 4) is 11.5 Å². The molecule has 142 valence electrons. The molecule has 0 aliphatic rings. The first-order chi connectivity index (χ1) is 14.1. The smallest absolute Gasteiger partial charge is 0.276 e. The Kier molecular flexibility index (Phi) is 5.18. The van der Waals surface area contributed by atoms with Gasteiger partial charge in [0, 0.05) is 22.9 Å². The lowest BCUT2D eigenvalue weighted by Gasteiger charge is -1.95. The topological polar surface area (TPSA) is 81.5 Å². The molecule has 0 aliphatic heterocycles. The van der Waals surface area contributed by atoms with E-state index < -0.39 is 4.92 Å². The Labute approximate surface area is 170 Å². The summed E-state index contributed by atoms with van der Waals surface area (Å²) in [6.45, 7) is 0. The molecule has 0 radical (unpaired) electrons. The van der Waals surface area contributed by atoms with E-state index >= 15 is 0 Å². The number of oxazole rings is 1. The van der Waals surface area contributed by atoms with E-state index in [-0.39, 0.29) is 5.69 Å². The van der Waals surface area contributed by atoms with Crippen LogP contribution < -0.4 is 0 Å². The van der Waals surface area contributed by atoms with Crippen LogP contribution in [0.5, 0.6) is 0 Å². The minimum atomic E-state index is -0.410. The number of fused-ring (bicyclic) bond motifs is 1. The standard InChI is InChI=1S/C22H14ClN3O3/c23-17-8-3-6-16(13-17)22-25-19-14-18(10-11-21(19)29-22)24-12-4-7-15-5-1-2-9-20(15)26(27)28/h1-14H. The fourth-order valence-corrected chi connectivity index (χ4v) is 3.00. The fourth-order valence-electron chi connectivity index (χ4n) is 2.81. The third kappa shape index (κ3) is 4.23. The highest BCUT2D eigenvalue weighted by Gasteiger charge is 2.10. The number of hydrogen-bond donors (Lipinski definition) is 0. The predicted molar refractivity (Wildman–Crippen MR) is 115 cm³/mol. The molecule has 1 aromatic heterocycles. The molecule has 0 saturated heterocycles. The van der Waals surface area contributed by atoms with Crippen LogP contribution in [-0.4, -0.2) is 16.1 Å². The SMILES string of the molecule is O=[N+]([O-])c1ccccc1C=CC=Nc1ccc2oc(-c3cccc(Cl)c3)nc2c1. The van der Waals surface area contributed by atoms with E-state index in [9.17, 15) is 10.1 Å². The number of aliphatic imine (C=N–C) groups is 1. The zero-order valence-corrected chi connectivity index (χ0v) is 15.8. The molecule has 3 aromatic carbocycles. The van der Waals surface area contributed by atoms with E-state index in [1.165, 1.54) is 6.07 Å². The van der Waals surface area contributed by atoms with Crippen molar-refractivity contribution in [2.75, 3.05) is 0 Å². The van der Waals surface area contributed by atoms with Crippen LogP contribution in [0, 0.1) is 10.1 Å². The molecule has 0 fully saturated rings. The van der Waals surface area contributed by atoms with Crippen LogP contribution >= 0.6 is 11.6 Å². The number of benzene rings is 3. The molecule has 0 aliphatic carbocycles. The Hall–Kier alpha value is -3.77. The van der Waals surface area contributed by atoms with Crippen LogP contribution in [0.1, 0.15) is 5.56 Å². The molecule has 0 bridgehead atoms. The van der Waals surface area contributed by atoms with Gasteiger partial charge >= 0.3 is 0 Å². The number of nitro groups is 1. The lowest BCUT2D eigenvalue weighted by molar-refractivity contribution is -0.385. The van der Waals surface area contributed by atoms with E-state index in [0.29, 0.717) is 33.3 Å². The second-order valence-electron chi connectivity index (χ2n) is 6.13. The van der Waals surface area contributed by atoms with Gasteiger partial charge in [0.25, 0.3) is 5.69 Å². The molecular weight excluding hydrogens is 390 g/mol. The molecule has 0 N–H and O–H groups in total. The second kappa shape index (κ2) is 8.08. The Morgan fingerprint density at radius 2 is 1.93 bits per heavy atom. The van der Waals surface area contributed by atoms with Gasteiger partial charge in [-0.05, 0) is 54.6 Å². The number of halogens is 1. The third-order valence-electron chi connectivity index (χ3n) is 4.16. The number of para-hydroxylation sites is 1. The van der Waals surface area contributed by atoms with Crippen molar-refractivity contribution in [2.24, 2.45) is 4.99 Å². The molecule has 4 aromatic rings. The van der Waals surface area contributed by atoms with Gasteiger partial charge < -0.3 is 4.42 Å². The van der Waals surface area contributed by atoms with Crippen molar-refractivity contribution in [3.05, 3.63) is 93.5 Å². The summed E-state index contributed by atoms with van der Waals surface area (Å²) in [4.78, 5) is 19.5. The monoisotopic (exact) mass is 403 g/mol. The van der Waals surface area contributed by atoms with Gasteiger partial charge in [0.15, 0.2) is 5.58 Å². The lowest BCUT2D eigenvalue weighted by atomic mass is 10.1. The molecule has 0 atom stereocenters. The molecule has 0 spiro atoms. The number of rotatable bonds is 5. The van der Waals surface area contributed by atoms with E-state index in [1.807, 2.05) is 24.3 Å². The highest BCUT2D eigenvalue weighted by molar-refractivity contribution is 6.30. The molecule has 7 heteroatoms. The lowest BCUT2D eigenvalue weighted by Crippen LogP contribution is -1.90. The van der Waals surface area contributed by atoms with Gasteiger partial charge in [-0.2, -0.15) is 0 Å². The van der Waals surface area contributed by atoms with Gasteiger partial charge in [0.05, 0.1) is 16.2 Å². The highest BCUT2D eigenvalue weighted by Crippen LogP contribution is 2.28. The Bertz CT molecular complexity index is 1260. The van der Waals surface area contributed by atoms with Gasteiger partial charge in [-0.1, -0.05) is 29.8 Å². The summed E-state index contributed by atoms with van der Waals surface area (Å²) in [5.41, 5.74) is 3.38. The summed E-state index contributed by atoms with van der Waals surface area (Å²) in [7, 11) is 0. The molecule has 0 unspecified atom stereocenters. The maximum absolute atomic E-state index is 11.0. The van der Waals surface area contributed by atoms with Crippen LogP contribution in [-0.2, 0) is 0 Å². The Morgan fingerprint density at radius 1 is 1.07 bits per heavy atom. The van der Waals surface area contributed by atoms with Gasteiger partial charge in [-0.3, -0.25) is 15.1 Å². The summed E-state index contributed by atoms with van der Waals surface area (Å²) >= 11 is 6.03. The Balaban J connectivity index is 1.55. The van der Waals surface area contributed by atoms with E-state index in [1.54, 1.807) is 54.8 Å². The molecule has 1 heterocycles. The van der Waals surface area contributed by atoms with E-state index in [0.717, 1.165) is 5.56 Å². The van der Waals surface area contributed by atoms with Crippen molar-refractivity contribution in [3.63, 3.8) is 0 Å². The number of aromatic nitrogens is 1. The van der Waals surface area contributed by atoms with Crippen LogP contribution in [0.4, 0.5) is 11.4 Å². The summed E-state index contributed by atoms with van der Waals surface area (Å²) in [5, 5.41) is 11.6. The van der Waals surface area contributed by atoms with Crippen LogP contribution in [0.25, 0.3) is 28.6 Å². The van der Waals surface area contributed by atoms with E-state index in [2.05, 4.69) is 9.98 Å². The van der Waals surface area contributed by atoms with Crippen LogP contribution in [0.3, 0.4) is 0 Å². The first-order valence-corrected chi connectivity index (χ1v) is 9.09. The highest BCUT2D eigenvalue weighted by atomic mass is 35.5. The fraction of sp³-hybridized carbons (Fsp3) is 0. The average molecular weight is 404 g/mol. The number of allylic oxidation sites excluding steroid dienone is 1. The maximum Gasteiger partial charge on any atom is 0.276 e. The summed E-state index contributed by atoms with van der Waals surface area (Å²) in [6, 6.07) is 19.2. The minimum Gasteiger partial charge on any atom is -0.436 e. The largest absolute Gasteiger partial charge is 0.436 e. The first-order valence-electron chi connectivity index (χ1n) is 8.71. The number of nitrogens with zero attached hydrogens (tertiary/aromatic N) is 3. The molecule has 6 nitrogen and oxygen atoms in total. The normalized spacial score (nSPS) is 11.6. The number of nitro benzene ring substituents is 1. The van der Waals surface area contributed by atoms with Crippen molar-refractivity contribution in [1.82, 2.24) is 4.98 Å². The van der Waals surface area contributed by atoms with Crippen LogP contribution in [0.15, 0.2) is 82.2 Å².